The summed E-state index contributed by atoms with van der Waals surface area (Å²) in [6.07, 6.45) is 0.842. The van der Waals surface area contributed by atoms with E-state index in [1.54, 1.807) is 6.92 Å². The van der Waals surface area contributed by atoms with Gasteiger partial charge in [-0.25, -0.2) is 13.2 Å². The first-order valence-electron chi connectivity index (χ1n) is 7.86. The maximum absolute atomic E-state index is 12.8. The zero-order valence-electron chi connectivity index (χ0n) is 14.0. The number of esters is 2. The summed E-state index contributed by atoms with van der Waals surface area (Å²) < 4.78 is 36.9. The highest BCUT2D eigenvalue weighted by Crippen LogP contribution is 2.29. The van der Waals surface area contributed by atoms with Gasteiger partial charge in [-0.3, -0.25) is 4.79 Å². The summed E-state index contributed by atoms with van der Waals surface area (Å²) in [6, 6.07) is 4.25. The largest absolute Gasteiger partial charge is 0.469 e. The molecule has 2 rings (SSSR count). The second-order valence-corrected chi connectivity index (χ2v) is 8.33. The number of nitrogens with zero attached hydrogens (tertiary/aromatic N) is 1. The van der Waals surface area contributed by atoms with Crippen LogP contribution in [0.25, 0.3) is 0 Å². The van der Waals surface area contributed by atoms with Gasteiger partial charge >= 0.3 is 11.9 Å². The van der Waals surface area contributed by atoms with Gasteiger partial charge in [-0.2, -0.15) is 4.31 Å². The van der Waals surface area contributed by atoms with Crippen molar-refractivity contribution in [2.45, 2.75) is 24.7 Å². The fourth-order valence-corrected chi connectivity index (χ4v) is 5.20. The molecule has 0 radical (unpaired) electrons. The van der Waals surface area contributed by atoms with Crippen molar-refractivity contribution in [1.82, 2.24) is 4.31 Å². The Labute approximate surface area is 155 Å². The Morgan fingerprint density at radius 3 is 2.44 bits per heavy atom. The zero-order chi connectivity index (χ0) is 18.6. The number of methoxy groups -OCH3 is 1. The van der Waals surface area contributed by atoms with Crippen molar-refractivity contribution in [3.8, 4) is 0 Å². The second kappa shape index (κ2) is 8.29. The molecule has 0 unspecified atom stereocenters. The van der Waals surface area contributed by atoms with Crippen LogP contribution in [0.2, 0.25) is 0 Å². The van der Waals surface area contributed by atoms with Gasteiger partial charge in [0.1, 0.15) is 0 Å². The van der Waals surface area contributed by atoms with Crippen LogP contribution < -0.4 is 0 Å². The molecular formula is C16H20BrNO6S. The molecule has 25 heavy (non-hydrogen) atoms. The first kappa shape index (κ1) is 19.9. The van der Waals surface area contributed by atoms with Crippen LogP contribution in [0.15, 0.2) is 27.6 Å². The lowest BCUT2D eigenvalue weighted by molar-refractivity contribution is -0.146. The third kappa shape index (κ3) is 4.39. The van der Waals surface area contributed by atoms with Crippen LogP contribution in [0.1, 0.15) is 30.1 Å². The lowest BCUT2D eigenvalue weighted by Crippen LogP contribution is -2.40. The molecule has 138 valence electrons. The molecule has 0 saturated carbocycles. The van der Waals surface area contributed by atoms with Crippen LogP contribution in [0.3, 0.4) is 0 Å². The van der Waals surface area contributed by atoms with Crippen molar-refractivity contribution in [1.29, 1.82) is 0 Å². The molecule has 0 N–H and O–H groups in total. The molecular weight excluding hydrogens is 414 g/mol. The molecule has 0 spiro atoms. The van der Waals surface area contributed by atoms with E-state index in [9.17, 15) is 18.0 Å². The van der Waals surface area contributed by atoms with Crippen LogP contribution in [0.5, 0.6) is 0 Å². The first-order chi connectivity index (χ1) is 11.8. The number of carbonyl (C=O) groups excluding carboxylic acids is 2. The highest BCUT2D eigenvalue weighted by Gasteiger charge is 2.33. The van der Waals surface area contributed by atoms with Gasteiger partial charge in [0, 0.05) is 17.6 Å². The van der Waals surface area contributed by atoms with E-state index in [0.717, 1.165) is 0 Å². The minimum atomic E-state index is -3.72. The lowest BCUT2D eigenvalue weighted by Gasteiger charge is -2.30. The average Bonchev–Trinajstić information content (AvgIpc) is 2.61. The highest BCUT2D eigenvalue weighted by atomic mass is 79.9. The number of ether oxygens (including phenoxy) is 2. The second-order valence-electron chi connectivity index (χ2n) is 5.57. The maximum Gasteiger partial charge on any atom is 0.338 e. The number of hydrogen-bond donors (Lipinski definition) is 0. The van der Waals surface area contributed by atoms with Gasteiger partial charge in [0.05, 0.1) is 30.1 Å². The van der Waals surface area contributed by atoms with Crippen molar-refractivity contribution in [3.63, 3.8) is 0 Å². The molecule has 1 heterocycles. The summed E-state index contributed by atoms with van der Waals surface area (Å²) in [5.74, 6) is -1.09. The minimum absolute atomic E-state index is 0.0806. The third-order valence-corrected chi connectivity index (χ3v) is 6.92. The summed E-state index contributed by atoms with van der Waals surface area (Å²) in [5, 5.41) is 0. The van der Waals surface area contributed by atoms with Crippen molar-refractivity contribution in [2.75, 3.05) is 26.8 Å². The average molecular weight is 434 g/mol. The molecule has 0 atom stereocenters. The van der Waals surface area contributed by atoms with E-state index in [1.807, 2.05) is 0 Å². The Morgan fingerprint density at radius 2 is 1.92 bits per heavy atom. The van der Waals surface area contributed by atoms with E-state index >= 15 is 0 Å². The van der Waals surface area contributed by atoms with Crippen LogP contribution in [-0.2, 0) is 24.3 Å². The van der Waals surface area contributed by atoms with Gasteiger partial charge in [0.2, 0.25) is 10.0 Å². The number of benzene rings is 1. The monoisotopic (exact) mass is 433 g/mol. The van der Waals surface area contributed by atoms with Crippen molar-refractivity contribution in [3.05, 3.63) is 28.2 Å². The van der Waals surface area contributed by atoms with Crippen molar-refractivity contribution >= 4 is 37.9 Å². The molecule has 1 saturated heterocycles. The number of halogens is 1. The number of rotatable bonds is 5. The molecule has 9 heteroatoms. The van der Waals surface area contributed by atoms with Gasteiger partial charge in [0.25, 0.3) is 0 Å². The summed E-state index contributed by atoms with van der Waals surface area (Å²) in [4.78, 5) is 23.4. The van der Waals surface area contributed by atoms with Crippen LogP contribution >= 0.6 is 15.9 Å². The standard InChI is InChI=1S/C16H20BrNO6S/c1-3-24-16(20)12-4-5-14(13(17)10-12)25(21,22)18-8-6-11(7-9-18)15(19)23-2/h4-5,10-11H,3,6-9H2,1-2H3. The molecule has 0 bridgehead atoms. The predicted octanol–water partition coefficient (Wildman–Crippen LogP) is 2.20. The molecule has 0 amide bonds. The Balaban J connectivity index is 2.17. The molecule has 7 nitrogen and oxygen atoms in total. The number of piperidine rings is 1. The highest BCUT2D eigenvalue weighted by molar-refractivity contribution is 9.10. The summed E-state index contributed by atoms with van der Waals surface area (Å²) in [6.45, 7) is 2.43. The maximum atomic E-state index is 12.8. The van der Waals surface area contributed by atoms with Gasteiger partial charge in [-0.1, -0.05) is 0 Å². The van der Waals surface area contributed by atoms with E-state index in [1.165, 1.54) is 29.6 Å². The van der Waals surface area contributed by atoms with Crippen LogP contribution in [0, 0.1) is 5.92 Å². The molecule has 1 aliphatic heterocycles. The number of carbonyl (C=O) groups is 2. The number of sulfonamides is 1. The molecule has 1 aromatic rings. The SMILES string of the molecule is CCOC(=O)c1ccc(S(=O)(=O)N2CCC(C(=O)OC)CC2)c(Br)c1. The van der Waals surface area contributed by atoms with Gasteiger partial charge < -0.3 is 9.47 Å². The fourth-order valence-electron chi connectivity index (χ4n) is 2.69. The molecule has 0 aliphatic carbocycles. The van der Waals surface area contributed by atoms with Gasteiger partial charge in [-0.05, 0) is 53.9 Å². The third-order valence-electron chi connectivity index (χ3n) is 4.05. The Bertz CT molecular complexity index is 756. The lowest BCUT2D eigenvalue weighted by atomic mass is 9.99. The van der Waals surface area contributed by atoms with E-state index in [2.05, 4.69) is 15.9 Å². The van der Waals surface area contributed by atoms with E-state index in [0.29, 0.717) is 17.3 Å². The minimum Gasteiger partial charge on any atom is -0.469 e. The summed E-state index contributed by atoms with van der Waals surface area (Å²) in [7, 11) is -2.39. The van der Waals surface area contributed by atoms with E-state index in [-0.39, 0.29) is 42.0 Å². The quantitative estimate of drug-likeness (QED) is 0.661. The summed E-state index contributed by atoms with van der Waals surface area (Å²) >= 11 is 3.23. The number of hydrogen-bond acceptors (Lipinski definition) is 6. The van der Waals surface area contributed by atoms with Crippen LogP contribution in [0.4, 0.5) is 0 Å². The Hall–Kier alpha value is -1.45. The van der Waals surface area contributed by atoms with Crippen molar-refractivity contribution in [2.24, 2.45) is 5.92 Å². The topological polar surface area (TPSA) is 90.0 Å². The van der Waals surface area contributed by atoms with E-state index < -0.39 is 16.0 Å². The summed E-state index contributed by atoms with van der Waals surface area (Å²) in [5.41, 5.74) is 0.275. The molecule has 1 aliphatic rings. The Morgan fingerprint density at radius 1 is 1.28 bits per heavy atom. The van der Waals surface area contributed by atoms with Gasteiger partial charge in [0.15, 0.2) is 0 Å². The fraction of sp³-hybridized carbons (Fsp3) is 0.500. The van der Waals surface area contributed by atoms with Gasteiger partial charge in [-0.15, -0.1) is 0 Å². The molecule has 0 aromatic heterocycles. The molecule has 1 aromatic carbocycles. The zero-order valence-corrected chi connectivity index (χ0v) is 16.4. The normalized spacial score (nSPS) is 16.4. The smallest absolute Gasteiger partial charge is 0.338 e. The van der Waals surface area contributed by atoms with Crippen LogP contribution in [-0.4, -0.2) is 51.5 Å². The predicted molar refractivity (Wildman–Crippen MR) is 93.6 cm³/mol. The van der Waals surface area contributed by atoms with E-state index in [4.69, 9.17) is 9.47 Å². The van der Waals surface area contributed by atoms with Crippen molar-refractivity contribution < 1.29 is 27.5 Å². The Kier molecular flexibility index (Phi) is 6.59. The first-order valence-corrected chi connectivity index (χ1v) is 10.1. The molecule has 1 fully saturated rings.